The van der Waals surface area contributed by atoms with Gasteiger partial charge in [0.25, 0.3) is 5.91 Å². The van der Waals surface area contributed by atoms with Gasteiger partial charge in [-0.1, -0.05) is 13.3 Å². The Hall–Kier alpha value is -0.610. The lowest BCUT2D eigenvalue weighted by Gasteiger charge is -2.41. The van der Waals surface area contributed by atoms with Gasteiger partial charge in [-0.3, -0.25) is 4.79 Å². The largest absolute Gasteiger partial charge is 0.361 e. The second-order valence-electron chi connectivity index (χ2n) is 6.01. The number of ether oxygens (including phenoxy) is 1. The zero-order valence-corrected chi connectivity index (χ0v) is 13.7. The molecule has 1 fully saturated rings. The molecule has 1 aliphatic carbocycles. The minimum absolute atomic E-state index is 0.0837. The van der Waals surface area contributed by atoms with Crippen LogP contribution in [-0.2, 0) is 9.53 Å². The monoisotopic (exact) mass is 284 g/mol. The van der Waals surface area contributed by atoms with E-state index in [0.29, 0.717) is 6.54 Å². The second kappa shape index (κ2) is 7.99. The summed E-state index contributed by atoms with van der Waals surface area (Å²) in [5.74, 6) is 0.882. The Bertz CT molecular complexity index is 295. The van der Waals surface area contributed by atoms with Crippen LogP contribution < -0.4 is 5.73 Å². The predicted octanol–water partition coefficient (Wildman–Crippen LogP) is 2.56. The summed E-state index contributed by atoms with van der Waals surface area (Å²) in [7, 11) is 0. The standard InChI is InChI=1S/C16H32N2O2/c1-5-14-8-10-16(12-17,11-9-14)20-13(4)15(19)18(6-2)7-3/h13-14H,5-12,17H2,1-4H3. The van der Waals surface area contributed by atoms with Crippen molar-refractivity contribution in [2.75, 3.05) is 19.6 Å². The molecular formula is C16H32N2O2. The molecule has 0 saturated heterocycles. The van der Waals surface area contributed by atoms with Crippen molar-refractivity contribution in [2.24, 2.45) is 11.7 Å². The number of rotatable bonds is 7. The smallest absolute Gasteiger partial charge is 0.251 e. The molecular weight excluding hydrogens is 252 g/mol. The van der Waals surface area contributed by atoms with E-state index in [1.54, 1.807) is 0 Å². The minimum Gasteiger partial charge on any atom is -0.361 e. The molecule has 0 heterocycles. The van der Waals surface area contributed by atoms with Gasteiger partial charge in [-0.15, -0.1) is 0 Å². The fraction of sp³-hybridized carbons (Fsp3) is 0.938. The van der Waals surface area contributed by atoms with E-state index in [-0.39, 0.29) is 11.5 Å². The van der Waals surface area contributed by atoms with Gasteiger partial charge in [-0.25, -0.2) is 0 Å². The van der Waals surface area contributed by atoms with Gasteiger partial charge >= 0.3 is 0 Å². The first-order valence-electron chi connectivity index (χ1n) is 8.18. The van der Waals surface area contributed by atoms with Gasteiger partial charge in [0, 0.05) is 19.6 Å². The predicted molar refractivity (Wildman–Crippen MR) is 82.5 cm³/mol. The molecule has 1 atom stereocenters. The summed E-state index contributed by atoms with van der Waals surface area (Å²) in [6, 6.07) is 0. The Morgan fingerprint density at radius 2 is 1.85 bits per heavy atom. The summed E-state index contributed by atoms with van der Waals surface area (Å²) < 4.78 is 6.15. The number of amides is 1. The Morgan fingerprint density at radius 3 is 2.25 bits per heavy atom. The van der Waals surface area contributed by atoms with Gasteiger partial charge in [0.05, 0.1) is 5.60 Å². The Labute approximate surface area is 124 Å². The van der Waals surface area contributed by atoms with Crippen molar-refractivity contribution in [1.82, 2.24) is 4.90 Å². The number of likely N-dealkylation sites (N-methyl/N-ethyl adjacent to an activating group) is 1. The summed E-state index contributed by atoms with van der Waals surface area (Å²) in [4.78, 5) is 14.1. The van der Waals surface area contributed by atoms with Crippen molar-refractivity contribution in [1.29, 1.82) is 0 Å². The van der Waals surface area contributed by atoms with Crippen LogP contribution in [0, 0.1) is 5.92 Å². The average Bonchev–Trinajstić information content (AvgIpc) is 2.49. The molecule has 1 unspecified atom stereocenters. The van der Waals surface area contributed by atoms with E-state index in [2.05, 4.69) is 6.92 Å². The van der Waals surface area contributed by atoms with Gasteiger partial charge in [-0.05, 0) is 52.4 Å². The number of nitrogens with two attached hydrogens (primary N) is 1. The van der Waals surface area contributed by atoms with Crippen molar-refractivity contribution < 1.29 is 9.53 Å². The maximum atomic E-state index is 12.3. The Morgan fingerprint density at radius 1 is 1.30 bits per heavy atom. The average molecular weight is 284 g/mol. The molecule has 118 valence electrons. The van der Waals surface area contributed by atoms with Crippen LogP contribution in [0.3, 0.4) is 0 Å². The van der Waals surface area contributed by atoms with Gasteiger partial charge < -0.3 is 15.4 Å². The molecule has 1 amide bonds. The van der Waals surface area contributed by atoms with Crippen LogP contribution in [0.1, 0.15) is 59.8 Å². The van der Waals surface area contributed by atoms with Crippen LogP contribution in [0.5, 0.6) is 0 Å². The number of nitrogens with zero attached hydrogens (tertiary/aromatic N) is 1. The third-order valence-electron chi connectivity index (χ3n) is 4.82. The summed E-state index contributed by atoms with van der Waals surface area (Å²) in [6.07, 6.45) is 5.14. The van der Waals surface area contributed by atoms with Crippen molar-refractivity contribution >= 4 is 5.91 Å². The SMILES string of the molecule is CCC1CCC(CN)(OC(C)C(=O)N(CC)CC)CC1. The maximum Gasteiger partial charge on any atom is 0.251 e. The van der Waals surface area contributed by atoms with Crippen LogP contribution in [-0.4, -0.2) is 42.1 Å². The first kappa shape index (κ1) is 17.4. The fourth-order valence-corrected chi connectivity index (χ4v) is 3.20. The molecule has 0 spiro atoms. The molecule has 0 aliphatic heterocycles. The van der Waals surface area contributed by atoms with Crippen molar-refractivity contribution in [3.8, 4) is 0 Å². The van der Waals surface area contributed by atoms with Crippen LogP contribution in [0.25, 0.3) is 0 Å². The number of hydrogen-bond donors (Lipinski definition) is 1. The summed E-state index contributed by atoms with van der Waals surface area (Å²) >= 11 is 0. The van der Waals surface area contributed by atoms with E-state index in [1.165, 1.54) is 19.3 Å². The zero-order valence-electron chi connectivity index (χ0n) is 13.7. The highest BCUT2D eigenvalue weighted by Crippen LogP contribution is 2.36. The number of hydrogen-bond acceptors (Lipinski definition) is 3. The minimum atomic E-state index is -0.392. The second-order valence-corrected chi connectivity index (χ2v) is 6.01. The normalized spacial score (nSPS) is 28.1. The first-order chi connectivity index (χ1) is 9.51. The van der Waals surface area contributed by atoms with Gasteiger partial charge in [-0.2, -0.15) is 0 Å². The fourth-order valence-electron chi connectivity index (χ4n) is 3.20. The van der Waals surface area contributed by atoms with E-state index in [1.807, 2.05) is 25.7 Å². The van der Waals surface area contributed by atoms with Gasteiger partial charge in [0.2, 0.25) is 0 Å². The molecule has 4 nitrogen and oxygen atoms in total. The Kier molecular flexibility index (Phi) is 6.96. The highest BCUT2D eigenvalue weighted by Gasteiger charge is 2.37. The molecule has 0 bridgehead atoms. The quantitative estimate of drug-likeness (QED) is 0.781. The zero-order chi connectivity index (χ0) is 15.2. The lowest BCUT2D eigenvalue weighted by molar-refractivity contribution is -0.159. The summed E-state index contributed by atoms with van der Waals surface area (Å²) in [6.45, 7) is 10.1. The Balaban J connectivity index is 2.62. The van der Waals surface area contributed by atoms with Crippen molar-refractivity contribution in [3.63, 3.8) is 0 Å². The summed E-state index contributed by atoms with van der Waals surface area (Å²) in [5, 5.41) is 0. The lowest BCUT2D eigenvalue weighted by Crippen LogP contribution is -2.49. The molecule has 4 heteroatoms. The van der Waals surface area contributed by atoms with Crippen molar-refractivity contribution in [3.05, 3.63) is 0 Å². The molecule has 0 aromatic heterocycles. The molecule has 1 saturated carbocycles. The van der Waals surface area contributed by atoms with Gasteiger partial charge in [0.15, 0.2) is 0 Å². The molecule has 0 aromatic carbocycles. The van der Waals surface area contributed by atoms with Gasteiger partial charge in [0.1, 0.15) is 6.10 Å². The highest BCUT2D eigenvalue weighted by molar-refractivity contribution is 5.80. The van der Waals surface area contributed by atoms with Crippen LogP contribution in [0.4, 0.5) is 0 Å². The van der Waals surface area contributed by atoms with E-state index >= 15 is 0 Å². The highest BCUT2D eigenvalue weighted by atomic mass is 16.5. The third kappa shape index (κ3) is 4.19. The number of carbonyl (C=O) groups is 1. The number of carbonyl (C=O) groups excluding carboxylic acids is 1. The van der Waals surface area contributed by atoms with E-state index < -0.39 is 6.10 Å². The van der Waals surface area contributed by atoms with E-state index in [9.17, 15) is 4.79 Å². The van der Waals surface area contributed by atoms with Crippen LogP contribution >= 0.6 is 0 Å². The van der Waals surface area contributed by atoms with E-state index in [0.717, 1.165) is 31.8 Å². The molecule has 1 aliphatic rings. The summed E-state index contributed by atoms with van der Waals surface area (Å²) in [5.41, 5.74) is 5.68. The van der Waals surface area contributed by atoms with Crippen LogP contribution in [0.15, 0.2) is 0 Å². The van der Waals surface area contributed by atoms with Crippen molar-refractivity contribution in [2.45, 2.75) is 71.5 Å². The molecule has 0 aromatic rings. The lowest BCUT2D eigenvalue weighted by atomic mass is 9.77. The first-order valence-corrected chi connectivity index (χ1v) is 8.18. The maximum absolute atomic E-state index is 12.3. The molecule has 0 radical (unpaired) electrons. The third-order valence-corrected chi connectivity index (χ3v) is 4.82. The molecule has 1 rings (SSSR count). The topological polar surface area (TPSA) is 55.6 Å². The molecule has 2 N–H and O–H groups in total. The van der Waals surface area contributed by atoms with Crippen LogP contribution in [0.2, 0.25) is 0 Å². The molecule has 20 heavy (non-hydrogen) atoms. The van der Waals surface area contributed by atoms with E-state index in [4.69, 9.17) is 10.5 Å².